The van der Waals surface area contributed by atoms with Crippen LogP contribution in [0, 0.1) is 36.5 Å². The van der Waals surface area contributed by atoms with E-state index in [1.807, 2.05) is 43.3 Å². The van der Waals surface area contributed by atoms with Crippen molar-refractivity contribution in [2.45, 2.75) is 29.5 Å². The van der Waals surface area contributed by atoms with Gasteiger partial charge >= 0.3 is 4.87 Å². The fourth-order valence-electron chi connectivity index (χ4n) is 7.33. The van der Waals surface area contributed by atoms with Gasteiger partial charge in [-0.3, -0.25) is 24.1 Å². The first-order valence-corrected chi connectivity index (χ1v) is 14.3. The van der Waals surface area contributed by atoms with Crippen LogP contribution in [0.15, 0.2) is 64.4 Å². The number of fused-ring (bicyclic) bond motifs is 9. The van der Waals surface area contributed by atoms with Crippen LogP contribution < -0.4 is 10.2 Å². The quantitative estimate of drug-likeness (QED) is 0.498. The van der Waals surface area contributed by atoms with Crippen molar-refractivity contribution < 1.29 is 14.4 Å². The second-order valence-corrected chi connectivity index (χ2v) is 12.8. The minimum atomic E-state index is -0.394. The first kappa shape index (κ1) is 23.0. The number of rotatable bonds is 4. The molecule has 37 heavy (non-hydrogen) atoms. The van der Waals surface area contributed by atoms with Gasteiger partial charge in [0.15, 0.2) is 0 Å². The number of thiazole rings is 1. The molecule has 1 aromatic heterocycles. The molecular formula is C28H25N3O4S2. The highest BCUT2D eigenvalue weighted by molar-refractivity contribution is 8.00. The zero-order valence-corrected chi connectivity index (χ0v) is 21.7. The van der Waals surface area contributed by atoms with Gasteiger partial charge in [0.1, 0.15) is 6.54 Å². The molecule has 3 aromatic rings. The highest BCUT2D eigenvalue weighted by Gasteiger charge is 2.69. The molecule has 2 aliphatic carbocycles. The van der Waals surface area contributed by atoms with Crippen molar-refractivity contribution in [3.8, 4) is 0 Å². The standard InChI is InChI=1S/C28H25N3O4S2/c1-13-6-5-9-15(10-13)29-18(32)12-31-26(33)21-16-11-17(22(21)27(31)34)23-20(16)19(14-7-3-2-4-8-14)24-25(36-23)30-28(35)37-24/h2-10,16-17,19-23H,11-12H2,1H3,(H,29,32)(H,30,35)/t16-,17-,19-,20-,21+,22-,23-/m1/s1. The van der Waals surface area contributed by atoms with E-state index in [0.717, 1.165) is 27.5 Å². The summed E-state index contributed by atoms with van der Waals surface area (Å²) < 4.78 is 0. The normalized spacial score (nSPS) is 31.3. The summed E-state index contributed by atoms with van der Waals surface area (Å²) in [6.07, 6.45) is 0.834. The number of carbonyl (C=O) groups is 3. The number of nitrogens with zero attached hydrogens (tertiary/aromatic N) is 1. The van der Waals surface area contributed by atoms with E-state index in [9.17, 15) is 19.2 Å². The monoisotopic (exact) mass is 531 g/mol. The maximum atomic E-state index is 13.7. The first-order chi connectivity index (χ1) is 17.9. The van der Waals surface area contributed by atoms with E-state index in [1.165, 1.54) is 16.2 Å². The Morgan fingerprint density at radius 1 is 1.03 bits per heavy atom. The average molecular weight is 532 g/mol. The van der Waals surface area contributed by atoms with E-state index in [2.05, 4.69) is 22.4 Å². The Balaban J connectivity index is 1.19. The van der Waals surface area contributed by atoms with Crippen LogP contribution in [0.5, 0.6) is 0 Å². The predicted molar refractivity (Wildman–Crippen MR) is 141 cm³/mol. The summed E-state index contributed by atoms with van der Waals surface area (Å²) >= 11 is 2.93. The Labute approximate surface area is 221 Å². The van der Waals surface area contributed by atoms with Gasteiger partial charge < -0.3 is 10.3 Å². The van der Waals surface area contributed by atoms with Gasteiger partial charge in [-0.15, -0.1) is 11.8 Å². The van der Waals surface area contributed by atoms with Gasteiger partial charge in [-0.1, -0.05) is 53.8 Å². The number of H-pyrrole nitrogens is 1. The van der Waals surface area contributed by atoms with Crippen molar-refractivity contribution in [3.63, 3.8) is 0 Å². The van der Waals surface area contributed by atoms with Crippen LogP contribution in [-0.2, 0) is 14.4 Å². The van der Waals surface area contributed by atoms with Gasteiger partial charge in [0, 0.05) is 21.7 Å². The molecule has 7 atom stereocenters. The Hall–Kier alpha value is -3.17. The number of thioether (sulfide) groups is 1. The Bertz CT molecular complexity index is 1500. The maximum Gasteiger partial charge on any atom is 0.305 e. The number of nitrogens with one attached hydrogen (secondary N) is 2. The van der Waals surface area contributed by atoms with Crippen molar-refractivity contribution in [2.75, 3.05) is 11.9 Å². The average Bonchev–Trinajstić information content (AvgIpc) is 3.60. The number of aryl methyl sites for hydroxylation is 1. The number of aromatic amines is 1. The summed E-state index contributed by atoms with van der Waals surface area (Å²) in [6, 6.07) is 17.6. The molecule has 9 heteroatoms. The molecule has 2 aliphatic heterocycles. The van der Waals surface area contributed by atoms with Crippen LogP contribution in [0.3, 0.4) is 0 Å². The van der Waals surface area contributed by atoms with Crippen LogP contribution in [0.1, 0.15) is 28.3 Å². The Kier molecular flexibility index (Phi) is 5.23. The second-order valence-electron chi connectivity index (χ2n) is 10.6. The maximum absolute atomic E-state index is 13.7. The van der Waals surface area contributed by atoms with E-state index >= 15 is 0 Å². The lowest BCUT2D eigenvalue weighted by Gasteiger charge is -2.43. The lowest BCUT2D eigenvalue weighted by molar-refractivity contribution is -0.143. The third kappa shape index (κ3) is 3.47. The van der Waals surface area contributed by atoms with Gasteiger partial charge in [-0.2, -0.15) is 0 Å². The number of amides is 3. The van der Waals surface area contributed by atoms with E-state index < -0.39 is 5.92 Å². The molecule has 2 bridgehead atoms. The van der Waals surface area contributed by atoms with Crippen LogP contribution in [-0.4, -0.2) is 39.4 Å². The zero-order chi connectivity index (χ0) is 25.4. The topological polar surface area (TPSA) is 99.3 Å². The SMILES string of the molecule is Cc1cccc(NC(=O)CN2C(=O)[C@@H]3[C@H]4C[C@@H]([C@@H]3C2=O)[C@@H]2[C@@H](c3ccccc3)c3sc(=O)[nH]c3S[C@H]42)c1. The number of benzene rings is 2. The smallest absolute Gasteiger partial charge is 0.305 e. The molecule has 7 nitrogen and oxygen atoms in total. The van der Waals surface area contributed by atoms with Crippen LogP contribution in [0.4, 0.5) is 5.69 Å². The van der Waals surface area contributed by atoms with E-state index in [1.54, 1.807) is 17.8 Å². The minimum Gasteiger partial charge on any atom is -0.325 e. The third-order valence-corrected chi connectivity index (χ3v) is 11.2. The molecular weight excluding hydrogens is 506 g/mol. The molecule has 3 fully saturated rings. The summed E-state index contributed by atoms with van der Waals surface area (Å²) in [5, 5.41) is 3.87. The van der Waals surface area contributed by atoms with Crippen molar-refractivity contribution >= 4 is 46.5 Å². The van der Waals surface area contributed by atoms with E-state index in [-0.39, 0.29) is 64.0 Å². The summed E-state index contributed by atoms with van der Waals surface area (Å²) in [7, 11) is 0. The number of hydrogen-bond acceptors (Lipinski definition) is 6. The van der Waals surface area contributed by atoms with Gasteiger partial charge in [0.2, 0.25) is 17.7 Å². The van der Waals surface area contributed by atoms with Crippen LogP contribution >= 0.6 is 23.1 Å². The number of carbonyl (C=O) groups excluding carboxylic acids is 3. The highest BCUT2D eigenvalue weighted by Crippen LogP contribution is 2.68. The van der Waals surface area contributed by atoms with Gasteiger partial charge in [0.05, 0.1) is 16.9 Å². The summed E-state index contributed by atoms with van der Waals surface area (Å²) in [5.74, 6) is -1.31. The van der Waals surface area contributed by atoms with Crippen molar-refractivity contribution in [2.24, 2.45) is 29.6 Å². The zero-order valence-electron chi connectivity index (χ0n) is 20.0. The summed E-state index contributed by atoms with van der Waals surface area (Å²) in [4.78, 5) is 57.5. The summed E-state index contributed by atoms with van der Waals surface area (Å²) in [6.45, 7) is 1.68. The fourth-order valence-corrected chi connectivity index (χ4v) is 10.2. The molecule has 0 radical (unpaired) electrons. The number of anilines is 1. The number of imide groups is 1. The van der Waals surface area contributed by atoms with Crippen molar-refractivity contribution in [1.29, 1.82) is 0 Å². The molecule has 0 unspecified atom stereocenters. The largest absolute Gasteiger partial charge is 0.325 e. The first-order valence-electron chi connectivity index (χ1n) is 12.6. The molecule has 4 aliphatic rings. The molecule has 0 spiro atoms. The van der Waals surface area contributed by atoms with Crippen molar-refractivity contribution in [3.05, 3.63) is 80.3 Å². The number of aromatic nitrogens is 1. The second kappa shape index (κ2) is 8.43. The van der Waals surface area contributed by atoms with Gasteiger partial charge in [-0.05, 0) is 54.4 Å². The summed E-state index contributed by atoms with van der Waals surface area (Å²) in [5.41, 5.74) is 2.81. The molecule has 3 amide bonds. The number of likely N-dealkylation sites (tertiary alicyclic amines) is 1. The third-order valence-electron chi connectivity index (χ3n) is 8.58. The van der Waals surface area contributed by atoms with Gasteiger partial charge in [-0.25, -0.2) is 0 Å². The highest BCUT2D eigenvalue weighted by atomic mass is 32.2. The number of hydrogen-bond donors (Lipinski definition) is 2. The molecule has 2 aromatic carbocycles. The lowest BCUT2D eigenvalue weighted by Crippen LogP contribution is -2.42. The molecule has 7 rings (SSSR count). The Morgan fingerprint density at radius 2 is 1.78 bits per heavy atom. The van der Waals surface area contributed by atoms with Crippen LogP contribution in [0.2, 0.25) is 0 Å². The Morgan fingerprint density at radius 3 is 2.54 bits per heavy atom. The van der Waals surface area contributed by atoms with E-state index in [0.29, 0.717) is 5.69 Å². The molecule has 3 heterocycles. The van der Waals surface area contributed by atoms with Crippen molar-refractivity contribution in [1.82, 2.24) is 9.88 Å². The molecule has 188 valence electrons. The predicted octanol–water partition coefficient (Wildman–Crippen LogP) is 3.86. The lowest BCUT2D eigenvalue weighted by atomic mass is 9.68. The minimum absolute atomic E-state index is 0.0175. The fraction of sp³-hybridized carbons (Fsp3) is 0.357. The molecule has 2 N–H and O–H groups in total. The van der Waals surface area contributed by atoms with Gasteiger partial charge in [0.25, 0.3) is 0 Å². The van der Waals surface area contributed by atoms with E-state index in [4.69, 9.17) is 0 Å². The molecule has 1 saturated heterocycles. The molecule has 2 saturated carbocycles. The van der Waals surface area contributed by atoms with Crippen LogP contribution in [0.25, 0.3) is 0 Å².